The molecule has 0 aliphatic carbocycles. The molecule has 0 saturated heterocycles. The average Bonchev–Trinajstić information content (AvgIpc) is 3.07. The minimum atomic E-state index is -0.333. The summed E-state index contributed by atoms with van der Waals surface area (Å²) in [4.78, 5) is 12.4. The number of rotatable bonds is 7. The predicted molar refractivity (Wildman–Crippen MR) is 102 cm³/mol. The van der Waals surface area contributed by atoms with E-state index in [9.17, 15) is 9.18 Å². The van der Waals surface area contributed by atoms with Crippen molar-refractivity contribution in [2.24, 2.45) is 0 Å². The number of pyridine rings is 1. The van der Waals surface area contributed by atoms with Crippen molar-refractivity contribution in [2.45, 2.75) is 12.5 Å². The van der Waals surface area contributed by atoms with Crippen LogP contribution in [0.1, 0.15) is 23.9 Å². The molecule has 2 aromatic heterocycles. The molecule has 1 amide bonds. The minimum absolute atomic E-state index is 0.256. The van der Waals surface area contributed by atoms with Crippen LogP contribution in [0.5, 0.6) is 0 Å². The first-order valence-corrected chi connectivity index (χ1v) is 9.59. The zero-order valence-electron chi connectivity index (χ0n) is 14.3. The first kappa shape index (κ1) is 18.1. The first-order chi connectivity index (χ1) is 12.7. The molecule has 0 aliphatic rings. The van der Waals surface area contributed by atoms with Crippen molar-refractivity contribution in [3.05, 3.63) is 71.9 Å². The molecule has 0 spiro atoms. The van der Waals surface area contributed by atoms with E-state index in [0.717, 1.165) is 17.8 Å². The molecule has 0 fully saturated rings. The van der Waals surface area contributed by atoms with Gasteiger partial charge in [0.05, 0.1) is 6.04 Å². The van der Waals surface area contributed by atoms with Crippen LogP contribution in [0.3, 0.4) is 0 Å². The third-order valence-electron chi connectivity index (χ3n) is 3.85. The largest absolute Gasteiger partial charge is 0.342 e. The SMILES string of the molecule is CSCCC(NC(=O)/C=C\c1cccc(F)c1)c1nnc2ccccn12. The number of halogens is 1. The Bertz CT molecular complexity index is 925. The Hall–Kier alpha value is -2.67. The van der Waals surface area contributed by atoms with Crippen molar-refractivity contribution < 1.29 is 9.18 Å². The molecular formula is C19H19FN4OS. The Morgan fingerprint density at radius 2 is 2.19 bits per heavy atom. The Balaban J connectivity index is 1.77. The molecule has 0 saturated carbocycles. The van der Waals surface area contributed by atoms with E-state index in [-0.39, 0.29) is 17.8 Å². The summed E-state index contributed by atoms with van der Waals surface area (Å²) in [6.45, 7) is 0. The monoisotopic (exact) mass is 370 g/mol. The number of fused-ring (bicyclic) bond motifs is 1. The first-order valence-electron chi connectivity index (χ1n) is 8.20. The summed E-state index contributed by atoms with van der Waals surface area (Å²) in [7, 11) is 0. The maximum absolute atomic E-state index is 13.2. The van der Waals surface area contributed by atoms with Gasteiger partial charge in [0.1, 0.15) is 5.82 Å². The van der Waals surface area contributed by atoms with Gasteiger partial charge in [-0.05, 0) is 54.3 Å². The number of amides is 1. The lowest BCUT2D eigenvalue weighted by Gasteiger charge is -2.15. The van der Waals surface area contributed by atoms with Gasteiger partial charge in [0.25, 0.3) is 0 Å². The molecule has 2 heterocycles. The minimum Gasteiger partial charge on any atom is -0.342 e. The van der Waals surface area contributed by atoms with E-state index in [1.54, 1.807) is 30.0 Å². The topological polar surface area (TPSA) is 59.3 Å². The molecule has 7 heteroatoms. The van der Waals surface area contributed by atoms with Crippen LogP contribution in [0.25, 0.3) is 11.7 Å². The van der Waals surface area contributed by atoms with Crippen LogP contribution in [-0.2, 0) is 4.79 Å². The quantitative estimate of drug-likeness (QED) is 0.647. The Morgan fingerprint density at radius 1 is 1.31 bits per heavy atom. The molecule has 0 bridgehead atoms. The van der Waals surface area contributed by atoms with Crippen molar-refractivity contribution in [1.29, 1.82) is 0 Å². The second-order valence-electron chi connectivity index (χ2n) is 5.72. The number of nitrogens with zero attached hydrogens (tertiary/aromatic N) is 3. The highest BCUT2D eigenvalue weighted by Gasteiger charge is 2.19. The number of thioether (sulfide) groups is 1. The lowest BCUT2D eigenvalue weighted by atomic mass is 10.2. The van der Waals surface area contributed by atoms with E-state index in [1.165, 1.54) is 18.2 Å². The fourth-order valence-corrected chi connectivity index (χ4v) is 3.07. The highest BCUT2D eigenvalue weighted by molar-refractivity contribution is 7.98. The molecule has 1 atom stereocenters. The van der Waals surface area contributed by atoms with E-state index < -0.39 is 0 Å². The van der Waals surface area contributed by atoms with Crippen LogP contribution in [0.2, 0.25) is 0 Å². The molecule has 0 radical (unpaired) electrons. The summed E-state index contributed by atoms with van der Waals surface area (Å²) < 4.78 is 15.1. The highest BCUT2D eigenvalue weighted by Crippen LogP contribution is 2.18. The van der Waals surface area contributed by atoms with Crippen LogP contribution in [0, 0.1) is 5.82 Å². The van der Waals surface area contributed by atoms with E-state index >= 15 is 0 Å². The standard InChI is InChI=1S/C19H19FN4OS/c1-26-12-10-16(19-23-22-17-7-2-3-11-24(17)19)21-18(25)9-8-14-5-4-6-15(20)13-14/h2-9,11,13,16H,10,12H2,1H3,(H,21,25)/b9-8-. The number of benzene rings is 1. The molecule has 1 N–H and O–H groups in total. The zero-order valence-corrected chi connectivity index (χ0v) is 15.1. The van der Waals surface area contributed by atoms with Gasteiger partial charge in [-0.1, -0.05) is 18.2 Å². The molecule has 3 aromatic rings. The molecule has 1 unspecified atom stereocenters. The highest BCUT2D eigenvalue weighted by atomic mass is 32.2. The maximum Gasteiger partial charge on any atom is 0.244 e. The van der Waals surface area contributed by atoms with Crippen LogP contribution < -0.4 is 5.32 Å². The number of hydrogen-bond donors (Lipinski definition) is 1. The predicted octanol–water partition coefficient (Wildman–Crippen LogP) is 3.49. The molecule has 134 valence electrons. The second-order valence-corrected chi connectivity index (χ2v) is 6.70. The third kappa shape index (κ3) is 4.49. The fraction of sp³-hybridized carbons (Fsp3) is 0.211. The summed E-state index contributed by atoms with van der Waals surface area (Å²) in [6, 6.07) is 11.5. The number of aromatic nitrogens is 3. The summed E-state index contributed by atoms with van der Waals surface area (Å²) in [5.41, 5.74) is 1.37. The Morgan fingerprint density at radius 3 is 3.00 bits per heavy atom. The second kappa shape index (κ2) is 8.62. The van der Waals surface area contributed by atoms with Gasteiger partial charge < -0.3 is 5.32 Å². The normalized spacial score (nSPS) is 12.5. The number of hydrogen-bond acceptors (Lipinski definition) is 4. The number of carbonyl (C=O) groups excluding carboxylic acids is 1. The summed E-state index contributed by atoms with van der Waals surface area (Å²) >= 11 is 1.70. The van der Waals surface area contributed by atoms with E-state index in [4.69, 9.17) is 0 Å². The summed E-state index contributed by atoms with van der Waals surface area (Å²) in [6.07, 6.45) is 7.63. The van der Waals surface area contributed by atoms with Gasteiger partial charge in [0, 0.05) is 12.3 Å². The lowest BCUT2D eigenvalue weighted by molar-refractivity contribution is -0.117. The molecule has 26 heavy (non-hydrogen) atoms. The smallest absolute Gasteiger partial charge is 0.244 e. The number of nitrogens with one attached hydrogen (secondary N) is 1. The third-order valence-corrected chi connectivity index (χ3v) is 4.50. The van der Waals surface area contributed by atoms with Gasteiger partial charge in [0.2, 0.25) is 5.91 Å². The molecule has 0 aliphatic heterocycles. The molecule has 3 rings (SSSR count). The summed E-state index contributed by atoms with van der Waals surface area (Å²) in [5.74, 6) is 0.982. The lowest BCUT2D eigenvalue weighted by Crippen LogP contribution is -2.29. The van der Waals surface area contributed by atoms with Gasteiger partial charge in [-0.15, -0.1) is 10.2 Å². The van der Waals surface area contributed by atoms with Crippen LogP contribution in [0.15, 0.2) is 54.7 Å². The van der Waals surface area contributed by atoms with E-state index in [2.05, 4.69) is 15.5 Å². The van der Waals surface area contributed by atoms with Gasteiger partial charge in [-0.3, -0.25) is 9.20 Å². The molecule has 5 nitrogen and oxygen atoms in total. The molecule has 1 aromatic carbocycles. The van der Waals surface area contributed by atoms with Crippen molar-refractivity contribution in [2.75, 3.05) is 12.0 Å². The maximum atomic E-state index is 13.2. The van der Waals surface area contributed by atoms with Crippen molar-refractivity contribution >= 4 is 29.4 Å². The van der Waals surface area contributed by atoms with Crippen LogP contribution in [-0.4, -0.2) is 32.5 Å². The fourth-order valence-electron chi connectivity index (χ4n) is 2.60. The van der Waals surface area contributed by atoms with Crippen molar-refractivity contribution in [3.8, 4) is 0 Å². The van der Waals surface area contributed by atoms with Gasteiger partial charge in [0.15, 0.2) is 11.5 Å². The van der Waals surface area contributed by atoms with Crippen LogP contribution in [0.4, 0.5) is 4.39 Å². The van der Waals surface area contributed by atoms with Gasteiger partial charge >= 0.3 is 0 Å². The van der Waals surface area contributed by atoms with Crippen LogP contribution >= 0.6 is 11.8 Å². The molecular weight excluding hydrogens is 351 g/mol. The van der Waals surface area contributed by atoms with Crippen molar-refractivity contribution in [3.63, 3.8) is 0 Å². The van der Waals surface area contributed by atoms with Crippen molar-refractivity contribution in [1.82, 2.24) is 19.9 Å². The van der Waals surface area contributed by atoms with E-state index in [0.29, 0.717) is 11.4 Å². The van der Waals surface area contributed by atoms with Gasteiger partial charge in [-0.2, -0.15) is 11.8 Å². The number of carbonyl (C=O) groups is 1. The Kier molecular flexibility index (Phi) is 6.01. The summed E-state index contributed by atoms with van der Waals surface area (Å²) in [5, 5.41) is 11.4. The van der Waals surface area contributed by atoms with Gasteiger partial charge in [-0.25, -0.2) is 4.39 Å². The zero-order chi connectivity index (χ0) is 18.4. The average molecular weight is 370 g/mol. The Labute approximate surface area is 155 Å². The van der Waals surface area contributed by atoms with E-state index in [1.807, 2.05) is 35.1 Å².